The van der Waals surface area contributed by atoms with E-state index in [0.29, 0.717) is 0 Å². The van der Waals surface area contributed by atoms with Gasteiger partial charge in [0, 0.05) is 38.8 Å². The van der Waals surface area contributed by atoms with Crippen molar-refractivity contribution in [3.8, 4) is 50.2 Å². The molecule has 0 fully saturated rings. The second kappa shape index (κ2) is 14.7. The van der Waals surface area contributed by atoms with Crippen LogP contribution in [-0.4, -0.2) is 4.57 Å². The van der Waals surface area contributed by atoms with Gasteiger partial charge >= 0.3 is 0 Å². The lowest BCUT2D eigenvalue weighted by Gasteiger charge is -2.33. The normalized spacial score (nSPS) is 14.1. The predicted octanol–water partition coefficient (Wildman–Crippen LogP) is 17.8. The lowest BCUT2D eigenvalue weighted by molar-refractivity contribution is 0.660. The van der Waals surface area contributed by atoms with Gasteiger partial charge in [0.15, 0.2) is 0 Å². The van der Waals surface area contributed by atoms with Crippen LogP contribution in [0.2, 0.25) is 0 Å². The standard InChI is InChI=1S/C68H52N2/c1-41-19-31-52-53-32-20-42(2)36-60(53)68(59(52)35-41)61-37-43(3)21-33-56(61)66-62(68)38-44(4)39-65(66)69(49-30-34-51-50-13-7-10-16-57(50)67(5,6)58(51)40-49)47-26-22-45(23-27-47)46-24-28-48(29-25-46)70-63-17-11-8-14-54(63)55-15-9-12-18-64(55)70/h7-40H,1-6H3. The van der Waals surface area contributed by atoms with Gasteiger partial charge in [-0.2, -0.15) is 0 Å². The van der Waals surface area contributed by atoms with Gasteiger partial charge in [0.25, 0.3) is 0 Å². The van der Waals surface area contributed by atoms with Crippen LogP contribution >= 0.6 is 0 Å². The molecule has 2 heteroatoms. The molecule has 1 heterocycles. The van der Waals surface area contributed by atoms with Gasteiger partial charge in [-0.15, -0.1) is 0 Å². The Morgan fingerprint density at radius 2 is 0.829 bits per heavy atom. The number of nitrogens with zero attached hydrogens (tertiary/aromatic N) is 2. The molecule has 0 radical (unpaired) electrons. The van der Waals surface area contributed by atoms with Crippen molar-refractivity contribution in [3.63, 3.8) is 0 Å². The highest BCUT2D eigenvalue weighted by molar-refractivity contribution is 6.09. The van der Waals surface area contributed by atoms with Crippen molar-refractivity contribution in [3.05, 3.63) is 262 Å². The van der Waals surface area contributed by atoms with Gasteiger partial charge in [0.05, 0.1) is 22.1 Å². The molecule has 0 bridgehead atoms. The van der Waals surface area contributed by atoms with Crippen LogP contribution in [-0.2, 0) is 10.8 Å². The average Bonchev–Trinajstić information content (AvgIpc) is 4.04. The van der Waals surface area contributed by atoms with Crippen molar-refractivity contribution in [1.29, 1.82) is 0 Å². The van der Waals surface area contributed by atoms with Gasteiger partial charge in [-0.05, 0) is 160 Å². The third kappa shape index (κ3) is 5.56. The molecule has 2 nitrogen and oxygen atoms in total. The number of benzene rings is 10. The van der Waals surface area contributed by atoms with E-state index < -0.39 is 5.41 Å². The molecule has 10 aromatic carbocycles. The van der Waals surface area contributed by atoms with Crippen molar-refractivity contribution in [2.75, 3.05) is 4.90 Å². The number of hydrogen-bond acceptors (Lipinski definition) is 1. The summed E-state index contributed by atoms with van der Waals surface area (Å²) in [6.07, 6.45) is 0. The number of rotatable bonds is 5. The Hall–Kier alpha value is -8.20. The van der Waals surface area contributed by atoms with Crippen LogP contribution in [0.3, 0.4) is 0 Å². The van der Waals surface area contributed by atoms with Crippen molar-refractivity contribution in [2.24, 2.45) is 0 Å². The molecule has 70 heavy (non-hydrogen) atoms. The van der Waals surface area contributed by atoms with Crippen LogP contribution in [0.1, 0.15) is 69.5 Å². The third-order valence-electron chi connectivity index (χ3n) is 16.2. The predicted molar refractivity (Wildman–Crippen MR) is 294 cm³/mol. The quantitative estimate of drug-likeness (QED) is 0.167. The number of hydrogen-bond donors (Lipinski definition) is 0. The van der Waals surface area contributed by atoms with Crippen LogP contribution in [0, 0.1) is 27.7 Å². The van der Waals surface area contributed by atoms with Crippen LogP contribution in [0.5, 0.6) is 0 Å². The highest BCUT2D eigenvalue weighted by atomic mass is 15.1. The molecular weight excluding hydrogens is 845 g/mol. The molecule has 0 saturated carbocycles. The lowest BCUT2D eigenvalue weighted by Crippen LogP contribution is -2.26. The lowest BCUT2D eigenvalue weighted by atomic mass is 9.69. The maximum atomic E-state index is 2.56. The topological polar surface area (TPSA) is 8.17 Å². The maximum Gasteiger partial charge on any atom is 0.0726 e. The summed E-state index contributed by atoms with van der Waals surface area (Å²) in [5, 5.41) is 2.55. The van der Waals surface area contributed by atoms with Crippen molar-refractivity contribution >= 4 is 38.9 Å². The highest BCUT2D eigenvalue weighted by Crippen LogP contribution is 2.65. The summed E-state index contributed by atoms with van der Waals surface area (Å²) < 4.78 is 2.39. The Bertz CT molecular complexity index is 3910. The molecule has 0 unspecified atom stereocenters. The Kier molecular flexibility index (Phi) is 8.55. The molecule has 0 atom stereocenters. The van der Waals surface area contributed by atoms with Crippen LogP contribution in [0.15, 0.2) is 206 Å². The summed E-state index contributed by atoms with van der Waals surface area (Å²) in [7, 11) is 0. The van der Waals surface area contributed by atoms with E-state index in [2.05, 4.69) is 257 Å². The van der Waals surface area contributed by atoms with E-state index in [4.69, 9.17) is 0 Å². The second-order valence-corrected chi connectivity index (χ2v) is 20.8. The summed E-state index contributed by atoms with van der Waals surface area (Å²) in [5.41, 5.74) is 30.1. The molecular formula is C68H52N2. The molecule has 11 aromatic rings. The summed E-state index contributed by atoms with van der Waals surface area (Å²) in [6, 6.07) is 78.5. The summed E-state index contributed by atoms with van der Waals surface area (Å²) in [6.45, 7) is 13.8. The zero-order valence-electron chi connectivity index (χ0n) is 40.5. The summed E-state index contributed by atoms with van der Waals surface area (Å²) in [4.78, 5) is 2.56. The minimum absolute atomic E-state index is 0.154. The smallest absolute Gasteiger partial charge is 0.0726 e. The Labute approximate surface area is 410 Å². The van der Waals surface area contributed by atoms with E-state index in [0.717, 1.165) is 17.1 Å². The van der Waals surface area contributed by atoms with Gasteiger partial charge in [0.1, 0.15) is 0 Å². The zero-order chi connectivity index (χ0) is 47.2. The molecule has 0 aliphatic heterocycles. The first-order chi connectivity index (χ1) is 34.1. The first-order valence-corrected chi connectivity index (χ1v) is 24.8. The molecule has 0 saturated heterocycles. The fourth-order valence-corrected chi connectivity index (χ4v) is 13.1. The van der Waals surface area contributed by atoms with Gasteiger partial charge in [-0.1, -0.05) is 182 Å². The van der Waals surface area contributed by atoms with Crippen molar-refractivity contribution in [2.45, 2.75) is 52.4 Å². The van der Waals surface area contributed by atoms with Gasteiger partial charge in [0.2, 0.25) is 0 Å². The van der Waals surface area contributed by atoms with Crippen LogP contribution in [0.4, 0.5) is 17.1 Å². The number of aromatic nitrogens is 1. The molecule has 1 aromatic heterocycles. The van der Waals surface area contributed by atoms with E-state index in [-0.39, 0.29) is 5.41 Å². The number of para-hydroxylation sites is 2. The highest BCUT2D eigenvalue weighted by Gasteiger charge is 2.53. The van der Waals surface area contributed by atoms with Gasteiger partial charge in [-0.3, -0.25) is 0 Å². The third-order valence-corrected chi connectivity index (χ3v) is 16.2. The van der Waals surface area contributed by atoms with Crippen molar-refractivity contribution < 1.29 is 0 Å². The monoisotopic (exact) mass is 896 g/mol. The number of anilines is 3. The fraction of sp³-hybridized carbons (Fsp3) is 0.118. The largest absolute Gasteiger partial charge is 0.310 e. The molecule has 334 valence electrons. The van der Waals surface area contributed by atoms with E-state index >= 15 is 0 Å². The van der Waals surface area contributed by atoms with E-state index in [1.807, 2.05) is 0 Å². The van der Waals surface area contributed by atoms with E-state index in [1.54, 1.807) is 0 Å². The van der Waals surface area contributed by atoms with Crippen molar-refractivity contribution in [1.82, 2.24) is 4.57 Å². The Morgan fingerprint density at radius 1 is 0.357 bits per heavy atom. The number of fused-ring (bicyclic) bond motifs is 16. The fourth-order valence-electron chi connectivity index (χ4n) is 13.1. The molecule has 3 aliphatic rings. The molecule has 0 amide bonds. The van der Waals surface area contributed by atoms with Gasteiger partial charge in [-0.25, -0.2) is 0 Å². The number of aryl methyl sites for hydroxylation is 4. The minimum atomic E-state index is -0.470. The zero-order valence-corrected chi connectivity index (χ0v) is 40.5. The van der Waals surface area contributed by atoms with E-state index in [1.165, 1.54) is 128 Å². The Morgan fingerprint density at radius 3 is 1.46 bits per heavy atom. The first-order valence-electron chi connectivity index (χ1n) is 24.8. The summed E-state index contributed by atoms with van der Waals surface area (Å²) in [5.74, 6) is 0. The Balaban J connectivity index is 0.969. The van der Waals surface area contributed by atoms with Crippen LogP contribution < -0.4 is 4.90 Å². The van der Waals surface area contributed by atoms with Gasteiger partial charge < -0.3 is 9.47 Å². The second-order valence-electron chi connectivity index (χ2n) is 20.8. The van der Waals surface area contributed by atoms with Crippen LogP contribution in [0.25, 0.3) is 72.0 Å². The minimum Gasteiger partial charge on any atom is -0.310 e. The molecule has 1 spiro atoms. The summed E-state index contributed by atoms with van der Waals surface area (Å²) >= 11 is 0. The average molecular weight is 897 g/mol. The SMILES string of the molecule is Cc1ccc2c(c1)C1(c3cc(C)ccc3-2)c2cc(C)ccc2-c2c(N(c3ccc(-c4ccc(-n5c6ccccc6c6ccccc65)cc4)cc3)c3ccc4c(c3)C(C)(C)c3ccccc3-4)cc(C)cc21. The van der Waals surface area contributed by atoms with E-state index in [9.17, 15) is 0 Å². The molecule has 3 aliphatic carbocycles. The molecule has 0 N–H and O–H groups in total. The first kappa shape index (κ1) is 40.8. The molecule has 14 rings (SSSR count). The maximum absolute atomic E-state index is 2.56.